The standard InChI is InChI=1S/C21H29N3OS/c1-4-22-21(24(3)16-19-12-10-18(2)11-13-19)23-14-15-26(25)17-20-8-6-5-7-9-20/h5-13H,4,14-17H2,1-3H3,(H,22,23). The normalized spacial score (nSPS) is 12.7. The summed E-state index contributed by atoms with van der Waals surface area (Å²) in [5.74, 6) is 2.01. The van der Waals surface area contributed by atoms with Gasteiger partial charge in [-0.25, -0.2) is 0 Å². The fourth-order valence-electron chi connectivity index (χ4n) is 2.60. The highest BCUT2D eigenvalue weighted by atomic mass is 32.2. The molecule has 2 aromatic carbocycles. The first-order chi connectivity index (χ1) is 12.6. The number of rotatable bonds is 8. The van der Waals surface area contributed by atoms with Crippen molar-refractivity contribution in [1.29, 1.82) is 0 Å². The number of aliphatic imine (C=N–C) groups is 1. The van der Waals surface area contributed by atoms with Crippen LogP contribution in [0.15, 0.2) is 59.6 Å². The van der Waals surface area contributed by atoms with Crippen LogP contribution in [-0.2, 0) is 23.1 Å². The SMILES string of the molecule is CCNC(=NCCS(=O)Cc1ccccc1)N(C)Cc1ccc(C)cc1. The van der Waals surface area contributed by atoms with Gasteiger partial charge in [0, 0.05) is 42.4 Å². The predicted octanol–water partition coefficient (Wildman–Crippen LogP) is 3.34. The zero-order valence-electron chi connectivity index (χ0n) is 15.9. The summed E-state index contributed by atoms with van der Waals surface area (Å²) in [7, 11) is 1.13. The summed E-state index contributed by atoms with van der Waals surface area (Å²) in [6, 6.07) is 18.5. The molecule has 0 spiro atoms. The van der Waals surface area contributed by atoms with Crippen LogP contribution in [0.2, 0.25) is 0 Å². The van der Waals surface area contributed by atoms with E-state index in [0.717, 1.165) is 24.6 Å². The van der Waals surface area contributed by atoms with Crippen molar-refractivity contribution in [2.24, 2.45) is 4.99 Å². The van der Waals surface area contributed by atoms with Crippen molar-refractivity contribution in [2.75, 3.05) is 25.9 Å². The Morgan fingerprint density at radius 1 is 1.08 bits per heavy atom. The van der Waals surface area contributed by atoms with Crippen molar-refractivity contribution in [2.45, 2.75) is 26.1 Å². The van der Waals surface area contributed by atoms with E-state index in [1.165, 1.54) is 11.1 Å². The third kappa shape index (κ3) is 7.00. The molecule has 1 unspecified atom stereocenters. The second-order valence-corrected chi connectivity index (χ2v) is 7.93. The van der Waals surface area contributed by atoms with Crippen LogP contribution in [0.5, 0.6) is 0 Å². The highest BCUT2D eigenvalue weighted by Crippen LogP contribution is 2.06. The topological polar surface area (TPSA) is 44.7 Å². The number of guanidine groups is 1. The van der Waals surface area contributed by atoms with Gasteiger partial charge in [-0.05, 0) is 25.0 Å². The molecule has 0 aliphatic rings. The molecule has 0 saturated carbocycles. The van der Waals surface area contributed by atoms with E-state index < -0.39 is 10.8 Å². The fraction of sp³-hybridized carbons (Fsp3) is 0.381. The number of nitrogens with zero attached hydrogens (tertiary/aromatic N) is 2. The van der Waals surface area contributed by atoms with Crippen LogP contribution < -0.4 is 5.32 Å². The van der Waals surface area contributed by atoms with Crippen LogP contribution in [0.1, 0.15) is 23.6 Å². The van der Waals surface area contributed by atoms with E-state index in [9.17, 15) is 4.21 Å². The Kier molecular flexibility index (Phi) is 8.35. The molecule has 2 rings (SSSR count). The van der Waals surface area contributed by atoms with Crippen molar-refractivity contribution in [3.05, 3.63) is 71.3 Å². The van der Waals surface area contributed by atoms with Crippen molar-refractivity contribution >= 4 is 16.8 Å². The summed E-state index contributed by atoms with van der Waals surface area (Å²) in [4.78, 5) is 6.75. The van der Waals surface area contributed by atoms with Crippen LogP contribution in [-0.4, -0.2) is 41.0 Å². The van der Waals surface area contributed by atoms with Crippen LogP contribution in [0.25, 0.3) is 0 Å². The van der Waals surface area contributed by atoms with Gasteiger partial charge < -0.3 is 10.2 Å². The van der Waals surface area contributed by atoms with E-state index in [1.807, 2.05) is 37.4 Å². The zero-order valence-corrected chi connectivity index (χ0v) is 16.8. The lowest BCUT2D eigenvalue weighted by Gasteiger charge is -2.22. The molecule has 140 valence electrons. The van der Waals surface area contributed by atoms with Gasteiger partial charge in [-0.1, -0.05) is 60.2 Å². The first-order valence-corrected chi connectivity index (χ1v) is 10.5. The van der Waals surface area contributed by atoms with E-state index >= 15 is 0 Å². The summed E-state index contributed by atoms with van der Waals surface area (Å²) in [5, 5.41) is 3.31. The maximum atomic E-state index is 12.3. The monoisotopic (exact) mass is 371 g/mol. The van der Waals surface area contributed by atoms with E-state index in [-0.39, 0.29) is 0 Å². The van der Waals surface area contributed by atoms with E-state index in [2.05, 4.69) is 53.3 Å². The summed E-state index contributed by atoms with van der Waals surface area (Å²) in [6.45, 7) is 6.31. The van der Waals surface area contributed by atoms with Crippen LogP contribution in [0, 0.1) is 6.92 Å². The highest BCUT2D eigenvalue weighted by molar-refractivity contribution is 7.84. The Morgan fingerprint density at radius 2 is 1.77 bits per heavy atom. The molecule has 4 nitrogen and oxygen atoms in total. The molecule has 26 heavy (non-hydrogen) atoms. The summed E-state index contributed by atoms with van der Waals surface area (Å²) >= 11 is 0. The predicted molar refractivity (Wildman–Crippen MR) is 112 cm³/mol. The van der Waals surface area contributed by atoms with Crippen molar-refractivity contribution in [1.82, 2.24) is 10.2 Å². The molecule has 0 aliphatic heterocycles. The van der Waals surface area contributed by atoms with E-state index in [0.29, 0.717) is 18.1 Å². The first-order valence-electron chi connectivity index (χ1n) is 9.02. The molecule has 2 aromatic rings. The minimum absolute atomic E-state index is 0.556. The minimum atomic E-state index is -0.899. The third-order valence-electron chi connectivity index (χ3n) is 3.99. The molecule has 0 aromatic heterocycles. The first kappa shape index (κ1) is 20.2. The maximum Gasteiger partial charge on any atom is 0.193 e. The summed E-state index contributed by atoms with van der Waals surface area (Å²) in [6.07, 6.45) is 0. The molecule has 0 amide bonds. The van der Waals surface area contributed by atoms with Crippen LogP contribution in [0.3, 0.4) is 0 Å². The molecule has 1 atom stereocenters. The van der Waals surface area contributed by atoms with Gasteiger partial charge in [-0.2, -0.15) is 0 Å². The van der Waals surface area contributed by atoms with Gasteiger partial charge in [0.15, 0.2) is 5.96 Å². The van der Waals surface area contributed by atoms with Gasteiger partial charge in [0.05, 0.1) is 6.54 Å². The number of hydrogen-bond acceptors (Lipinski definition) is 2. The second kappa shape index (κ2) is 10.8. The summed E-state index contributed by atoms with van der Waals surface area (Å²) < 4.78 is 12.3. The average Bonchev–Trinajstić information content (AvgIpc) is 2.63. The molecule has 0 bridgehead atoms. The molecular weight excluding hydrogens is 342 g/mol. The molecular formula is C21H29N3OS. The Bertz CT molecular complexity index is 714. The van der Waals surface area contributed by atoms with Crippen molar-refractivity contribution < 1.29 is 4.21 Å². The molecule has 1 N–H and O–H groups in total. The van der Waals surface area contributed by atoms with E-state index in [1.54, 1.807) is 0 Å². The molecule has 0 radical (unpaired) electrons. The number of hydrogen-bond donors (Lipinski definition) is 1. The smallest absolute Gasteiger partial charge is 0.193 e. The van der Waals surface area contributed by atoms with Gasteiger partial charge in [0.1, 0.15) is 0 Å². The maximum absolute atomic E-state index is 12.3. The fourth-order valence-corrected chi connectivity index (χ4v) is 3.60. The van der Waals surface area contributed by atoms with Crippen molar-refractivity contribution in [3.63, 3.8) is 0 Å². The molecule has 0 saturated heterocycles. The molecule has 0 heterocycles. The van der Waals surface area contributed by atoms with Crippen molar-refractivity contribution in [3.8, 4) is 0 Å². The average molecular weight is 372 g/mol. The lowest BCUT2D eigenvalue weighted by atomic mass is 10.1. The highest BCUT2D eigenvalue weighted by Gasteiger charge is 2.07. The van der Waals surface area contributed by atoms with Crippen LogP contribution >= 0.6 is 0 Å². The molecule has 0 aliphatic carbocycles. The quantitative estimate of drug-likeness (QED) is 0.572. The zero-order chi connectivity index (χ0) is 18.8. The minimum Gasteiger partial charge on any atom is -0.357 e. The Labute approximate surface area is 159 Å². The van der Waals surface area contributed by atoms with Gasteiger partial charge >= 0.3 is 0 Å². The third-order valence-corrected chi connectivity index (χ3v) is 5.28. The second-order valence-electron chi connectivity index (χ2n) is 6.35. The van der Waals surface area contributed by atoms with Gasteiger partial charge in [-0.3, -0.25) is 9.20 Å². The van der Waals surface area contributed by atoms with E-state index in [4.69, 9.17) is 0 Å². The molecule has 5 heteroatoms. The largest absolute Gasteiger partial charge is 0.357 e. The number of nitrogens with one attached hydrogen (secondary N) is 1. The lowest BCUT2D eigenvalue weighted by molar-refractivity contribution is 0.477. The number of benzene rings is 2. The Hall–Kier alpha value is -2.14. The Balaban J connectivity index is 1.88. The van der Waals surface area contributed by atoms with Gasteiger partial charge in [0.25, 0.3) is 0 Å². The molecule has 0 fully saturated rings. The summed E-state index contributed by atoms with van der Waals surface area (Å²) in [5.41, 5.74) is 3.62. The van der Waals surface area contributed by atoms with Crippen LogP contribution in [0.4, 0.5) is 0 Å². The van der Waals surface area contributed by atoms with Gasteiger partial charge in [-0.15, -0.1) is 0 Å². The Morgan fingerprint density at radius 3 is 2.42 bits per heavy atom. The van der Waals surface area contributed by atoms with Gasteiger partial charge in [0.2, 0.25) is 0 Å². The number of aryl methyl sites for hydroxylation is 1. The lowest BCUT2D eigenvalue weighted by Crippen LogP contribution is -2.38.